The van der Waals surface area contributed by atoms with Gasteiger partial charge in [0, 0.05) is 23.3 Å². The molecule has 0 aliphatic carbocycles. The Bertz CT molecular complexity index is 596. The second-order valence-corrected chi connectivity index (χ2v) is 4.62. The molecule has 2 aromatic rings. The Morgan fingerprint density at radius 2 is 1.90 bits per heavy atom. The van der Waals surface area contributed by atoms with Gasteiger partial charge in [0.1, 0.15) is 12.4 Å². The zero-order valence-electron chi connectivity index (χ0n) is 11.1. The van der Waals surface area contributed by atoms with Crippen LogP contribution in [0, 0.1) is 0 Å². The van der Waals surface area contributed by atoms with Crippen LogP contribution < -0.4 is 4.74 Å². The largest absolute Gasteiger partial charge is 0.491 e. The van der Waals surface area contributed by atoms with Crippen LogP contribution in [0.3, 0.4) is 0 Å². The molecule has 0 atom stereocenters. The van der Waals surface area contributed by atoms with E-state index in [1.807, 2.05) is 24.3 Å². The number of methoxy groups -OCH3 is 1. The second kappa shape index (κ2) is 7.08. The Hall–Kier alpha value is -1.84. The third-order valence-corrected chi connectivity index (χ3v) is 3.10. The highest BCUT2D eigenvalue weighted by atomic mass is 35.5. The number of halogens is 1. The minimum absolute atomic E-state index is 0.449. The summed E-state index contributed by atoms with van der Waals surface area (Å²) in [6.45, 7) is 0.953. The number of ether oxygens (including phenoxy) is 2. The monoisotopic (exact) mass is 290 g/mol. The highest BCUT2D eigenvalue weighted by Crippen LogP contribution is 2.33. The van der Waals surface area contributed by atoms with Crippen molar-refractivity contribution in [2.75, 3.05) is 20.3 Å². The molecule has 0 saturated carbocycles. The molecular formula is C16H15ClO3. The Kier molecular flexibility index (Phi) is 5.16. The van der Waals surface area contributed by atoms with Gasteiger partial charge in [-0.3, -0.25) is 4.79 Å². The van der Waals surface area contributed by atoms with Crippen LogP contribution in [0.15, 0.2) is 42.5 Å². The molecule has 0 radical (unpaired) electrons. The lowest BCUT2D eigenvalue weighted by Gasteiger charge is -2.13. The molecular weight excluding hydrogens is 276 g/mol. The molecule has 0 saturated heterocycles. The van der Waals surface area contributed by atoms with Crippen LogP contribution in [0.25, 0.3) is 11.1 Å². The van der Waals surface area contributed by atoms with E-state index >= 15 is 0 Å². The normalized spacial score (nSPS) is 10.3. The highest BCUT2D eigenvalue weighted by molar-refractivity contribution is 6.31. The Morgan fingerprint density at radius 3 is 2.65 bits per heavy atom. The van der Waals surface area contributed by atoms with E-state index in [1.54, 1.807) is 25.3 Å². The number of benzene rings is 2. The molecule has 0 fully saturated rings. The van der Waals surface area contributed by atoms with Crippen LogP contribution in [0.2, 0.25) is 5.02 Å². The zero-order valence-corrected chi connectivity index (χ0v) is 11.9. The molecule has 2 aromatic carbocycles. The summed E-state index contributed by atoms with van der Waals surface area (Å²) in [5.41, 5.74) is 2.19. The quantitative estimate of drug-likeness (QED) is 0.599. The van der Waals surface area contributed by atoms with Crippen LogP contribution in [0.5, 0.6) is 5.75 Å². The first-order valence-electron chi connectivity index (χ1n) is 6.22. The molecule has 0 unspecified atom stereocenters. The van der Waals surface area contributed by atoms with E-state index in [4.69, 9.17) is 21.1 Å². The second-order valence-electron chi connectivity index (χ2n) is 4.19. The van der Waals surface area contributed by atoms with Crippen LogP contribution >= 0.6 is 11.6 Å². The Labute approximate surface area is 123 Å². The minimum atomic E-state index is 0.449. The molecule has 2 rings (SSSR count). The first-order chi connectivity index (χ1) is 9.76. The summed E-state index contributed by atoms with van der Waals surface area (Å²) in [5, 5.41) is 0.581. The predicted octanol–water partition coefficient (Wildman–Crippen LogP) is 3.84. The molecule has 0 spiro atoms. The van der Waals surface area contributed by atoms with Crippen molar-refractivity contribution in [3.8, 4) is 16.9 Å². The number of para-hydroxylation sites is 1. The van der Waals surface area contributed by atoms with E-state index in [2.05, 4.69) is 0 Å². The van der Waals surface area contributed by atoms with Gasteiger partial charge in [-0.25, -0.2) is 0 Å². The van der Waals surface area contributed by atoms with Crippen LogP contribution in [0.1, 0.15) is 10.4 Å². The van der Waals surface area contributed by atoms with Crippen LogP contribution in [-0.2, 0) is 4.74 Å². The summed E-state index contributed by atoms with van der Waals surface area (Å²) in [6, 6.07) is 12.7. The molecule has 20 heavy (non-hydrogen) atoms. The number of rotatable bonds is 6. The lowest BCUT2D eigenvalue weighted by atomic mass is 9.99. The van der Waals surface area contributed by atoms with Gasteiger partial charge in [-0.15, -0.1) is 0 Å². The average molecular weight is 291 g/mol. The van der Waals surface area contributed by atoms with E-state index in [1.165, 1.54) is 0 Å². The van der Waals surface area contributed by atoms with Crippen molar-refractivity contribution in [1.82, 2.24) is 0 Å². The lowest BCUT2D eigenvalue weighted by molar-refractivity contribution is 0.112. The third-order valence-electron chi connectivity index (χ3n) is 2.86. The molecule has 104 valence electrons. The maximum Gasteiger partial charge on any atom is 0.150 e. The van der Waals surface area contributed by atoms with Gasteiger partial charge in [0.05, 0.1) is 6.61 Å². The van der Waals surface area contributed by atoms with Crippen molar-refractivity contribution in [3.63, 3.8) is 0 Å². The van der Waals surface area contributed by atoms with Crippen molar-refractivity contribution < 1.29 is 14.3 Å². The van der Waals surface area contributed by atoms with Crippen molar-refractivity contribution in [1.29, 1.82) is 0 Å². The maximum atomic E-state index is 11.2. The Balaban J connectivity index is 2.41. The minimum Gasteiger partial charge on any atom is -0.491 e. The van der Waals surface area contributed by atoms with E-state index in [0.717, 1.165) is 17.4 Å². The number of hydrogen-bond acceptors (Lipinski definition) is 3. The van der Waals surface area contributed by atoms with Crippen molar-refractivity contribution in [2.45, 2.75) is 0 Å². The summed E-state index contributed by atoms with van der Waals surface area (Å²) in [5.74, 6) is 0.704. The molecule has 0 amide bonds. The number of aldehydes is 1. The van der Waals surface area contributed by atoms with Gasteiger partial charge in [-0.2, -0.15) is 0 Å². The van der Waals surface area contributed by atoms with E-state index in [9.17, 15) is 4.79 Å². The van der Waals surface area contributed by atoms with Gasteiger partial charge in [-0.05, 0) is 29.8 Å². The number of carbonyl (C=O) groups is 1. The van der Waals surface area contributed by atoms with E-state index in [0.29, 0.717) is 29.5 Å². The van der Waals surface area contributed by atoms with Crippen LogP contribution in [0.4, 0.5) is 0 Å². The smallest absolute Gasteiger partial charge is 0.150 e. The highest BCUT2D eigenvalue weighted by Gasteiger charge is 2.10. The summed E-state index contributed by atoms with van der Waals surface area (Å²) < 4.78 is 10.7. The molecule has 0 aromatic heterocycles. The molecule has 4 heteroatoms. The average Bonchev–Trinajstić information content (AvgIpc) is 2.48. The molecule has 0 heterocycles. The molecule has 0 N–H and O–H groups in total. The van der Waals surface area contributed by atoms with Gasteiger partial charge in [0.15, 0.2) is 6.29 Å². The zero-order chi connectivity index (χ0) is 14.4. The fourth-order valence-corrected chi connectivity index (χ4v) is 2.09. The van der Waals surface area contributed by atoms with Gasteiger partial charge in [0.2, 0.25) is 0 Å². The SMILES string of the molecule is COCCOc1ccccc1-c1cc(Cl)ccc1C=O. The first kappa shape index (κ1) is 14.6. The standard InChI is InChI=1S/C16H15ClO3/c1-19-8-9-20-16-5-3-2-4-14(16)15-10-13(17)7-6-12(15)11-18/h2-7,10-11H,8-9H2,1H3. The van der Waals surface area contributed by atoms with Gasteiger partial charge >= 0.3 is 0 Å². The van der Waals surface area contributed by atoms with E-state index in [-0.39, 0.29) is 0 Å². The molecule has 3 nitrogen and oxygen atoms in total. The van der Waals surface area contributed by atoms with E-state index < -0.39 is 0 Å². The van der Waals surface area contributed by atoms with Gasteiger partial charge < -0.3 is 9.47 Å². The topological polar surface area (TPSA) is 35.5 Å². The summed E-state index contributed by atoms with van der Waals surface area (Å²) in [4.78, 5) is 11.2. The molecule has 0 aliphatic rings. The van der Waals surface area contributed by atoms with Gasteiger partial charge in [0.25, 0.3) is 0 Å². The summed E-state index contributed by atoms with van der Waals surface area (Å²) >= 11 is 6.03. The maximum absolute atomic E-state index is 11.2. The van der Waals surface area contributed by atoms with Crippen molar-refractivity contribution >= 4 is 17.9 Å². The lowest BCUT2D eigenvalue weighted by Crippen LogP contribution is -2.05. The van der Waals surface area contributed by atoms with Gasteiger partial charge in [-0.1, -0.05) is 29.8 Å². The molecule has 0 aliphatic heterocycles. The fraction of sp³-hybridized carbons (Fsp3) is 0.188. The summed E-state index contributed by atoms with van der Waals surface area (Å²) in [7, 11) is 1.62. The summed E-state index contributed by atoms with van der Waals surface area (Å²) in [6.07, 6.45) is 0.817. The first-order valence-corrected chi connectivity index (χ1v) is 6.60. The van der Waals surface area contributed by atoms with Crippen molar-refractivity contribution in [2.24, 2.45) is 0 Å². The number of carbonyl (C=O) groups excluding carboxylic acids is 1. The molecule has 0 bridgehead atoms. The number of hydrogen-bond donors (Lipinski definition) is 0. The Morgan fingerprint density at radius 1 is 1.10 bits per heavy atom. The van der Waals surface area contributed by atoms with Crippen molar-refractivity contribution in [3.05, 3.63) is 53.1 Å². The third kappa shape index (κ3) is 3.38. The van der Waals surface area contributed by atoms with Crippen LogP contribution in [-0.4, -0.2) is 26.6 Å². The predicted molar refractivity (Wildman–Crippen MR) is 79.6 cm³/mol. The fourth-order valence-electron chi connectivity index (χ4n) is 1.91.